The highest BCUT2D eigenvalue weighted by molar-refractivity contribution is 5.93. The molecule has 9 aromatic rings. The zero-order valence-electron chi connectivity index (χ0n) is 61.1. The van der Waals surface area contributed by atoms with Gasteiger partial charge in [0.2, 0.25) is 0 Å². The maximum absolute atomic E-state index is 12.8. The van der Waals surface area contributed by atoms with Gasteiger partial charge in [-0.25, -0.2) is 0 Å². The van der Waals surface area contributed by atoms with Crippen molar-refractivity contribution in [2.24, 2.45) is 5.41 Å². The summed E-state index contributed by atoms with van der Waals surface area (Å²) in [6.45, 7) is 41.8. The molecular weight excluding hydrogens is 1210 g/mol. The Balaban J connectivity index is 0.000000142. The van der Waals surface area contributed by atoms with E-state index in [1.165, 1.54) is 27.8 Å². The van der Waals surface area contributed by atoms with Crippen molar-refractivity contribution in [2.45, 2.75) is 188 Å². The fourth-order valence-electron chi connectivity index (χ4n) is 13.1. The third-order valence-electron chi connectivity index (χ3n) is 20.3. The number of hydrogen-bond acceptors (Lipinski definition) is 9. The van der Waals surface area contributed by atoms with Gasteiger partial charge in [-0.15, -0.1) is 0 Å². The van der Waals surface area contributed by atoms with E-state index >= 15 is 0 Å². The van der Waals surface area contributed by atoms with Gasteiger partial charge in [0, 0.05) is 38.8 Å². The van der Waals surface area contributed by atoms with E-state index in [0.717, 1.165) is 72.9 Å². The second kappa shape index (κ2) is 27.2. The fraction of sp³-hybridized carbons (Fsp3) is 0.348. The van der Waals surface area contributed by atoms with E-state index in [1.807, 2.05) is 133 Å². The van der Waals surface area contributed by atoms with Crippen LogP contribution in [0.5, 0.6) is 28.7 Å². The highest BCUT2D eigenvalue weighted by atomic mass is 16.6. The third-order valence-corrected chi connectivity index (χ3v) is 20.3. The molecule has 4 atom stereocenters. The van der Waals surface area contributed by atoms with Crippen LogP contribution in [0, 0.1) is 5.41 Å². The number of esters is 4. The fourth-order valence-corrected chi connectivity index (χ4v) is 13.1. The first-order valence-corrected chi connectivity index (χ1v) is 34.3. The molecular formula is C89H98O9. The van der Waals surface area contributed by atoms with Crippen LogP contribution in [0.15, 0.2) is 206 Å². The zero-order valence-corrected chi connectivity index (χ0v) is 61.1. The molecule has 9 aromatic carbocycles. The van der Waals surface area contributed by atoms with E-state index in [4.69, 9.17) is 23.7 Å². The average Bonchev–Trinajstić information content (AvgIpc) is 1.57. The van der Waals surface area contributed by atoms with Gasteiger partial charge in [-0.2, -0.15) is 0 Å². The van der Waals surface area contributed by atoms with Crippen molar-refractivity contribution < 1.29 is 42.9 Å². The van der Waals surface area contributed by atoms with Gasteiger partial charge < -0.3 is 23.7 Å². The normalized spacial score (nSPS) is 17.2. The Kier molecular flexibility index (Phi) is 19.8. The Morgan fingerprint density at radius 1 is 0.296 bits per heavy atom. The highest BCUT2D eigenvalue weighted by Gasteiger charge is 2.43. The summed E-state index contributed by atoms with van der Waals surface area (Å²) >= 11 is 0. The molecule has 0 N–H and O–H groups in total. The Bertz CT molecular complexity index is 4390. The monoisotopic (exact) mass is 1310 g/mol. The Morgan fingerprint density at radius 3 is 0.959 bits per heavy atom. The molecule has 4 unspecified atom stereocenters. The molecule has 4 aliphatic rings. The molecule has 0 radical (unpaired) electrons. The Hall–Kier alpha value is -9.34. The largest absolute Gasteiger partial charge is 0.497 e. The van der Waals surface area contributed by atoms with Crippen molar-refractivity contribution in [3.05, 3.63) is 290 Å². The maximum Gasteiger partial charge on any atom is 0.323 e. The number of fused-ring (bicyclic) bond motifs is 4. The zero-order chi connectivity index (χ0) is 71.2. The molecule has 13 rings (SSSR count). The lowest BCUT2D eigenvalue weighted by molar-refractivity contribution is -0.134. The minimum atomic E-state index is -0.390. The van der Waals surface area contributed by atoms with E-state index < -0.39 is 0 Å². The Labute approximate surface area is 582 Å². The van der Waals surface area contributed by atoms with Crippen molar-refractivity contribution in [3.63, 3.8) is 0 Å². The molecule has 0 saturated carbocycles. The van der Waals surface area contributed by atoms with E-state index in [2.05, 4.69) is 204 Å². The Morgan fingerprint density at radius 2 is 0.612 bits per heavy atom. The number of rotatable bonds is 8. The molecule has 4 aliphatic heterocycles. The summed E-state index contributed by atoms with van der Waals surface area (Å²) in [5, 5.41) is 0. The lowest BCUT2D eigenvalue weighted by atomic mass is 9.65. The van der Waals surface area contributed by atoms with Crippen molar-refractivity contribution >= 4 is 23.9 Å². The second-order valence-corrected chi connectivity index (χ2v) is 32.7. The topological polar surface area (TPSA) is 114 Å². The first-order chi connectivity index (χ1) is 45.9. The SMILES string of the molecule is CC(C)(C)C(C)(C)c1ccc2c(c1)C(c1ccccc1)C(=O)O2.CC(C)(C)c1cc2c(c(C(C)(C)C)c1)OC(=O)C2c1ccccc1.CC(C)(c1ccccc1)c1ccc2c(c1)C(c1ccccc1)C(=O)O2.COc1ccc(C2C(=O)Oc3c2cc(C(C)(C)C)cc3C(C)(C)C)cc1. The molecule has 508 valence electrons. The van der Waals surface area contributed by atoms with Crippen molar-refractivity contribution in [1.29, 1.82) is 0 Å². The predicted octanol–water partition coefficient (Wildman–Crippen LogP) is 20.8. The van der Waals surface area contributed by atoms with Gasteiger partial charge in [-0.3, -0.25) is 19.2 Å². The van der Waals surface area contributed by atoms with Gasteiger partial charge >= 0.3 is 23.9 Å². The summed E-state index contributed by atoms with van der Waals surface area (Å²) in [4.78, 5) is 50.2. The molecule has 4 heterocycles. The van der Waals surface area contributed by atoms with E-state index in [-0.39, 0.29) is 85.5 Å². The van der Waals surface area contributed by atoms with Crippen LogP contribution in [0.2, 0.25) is 0 Å². The van der Waals surface area contributed by atoms with Gasteiger partial charge in [0.05, 0.1) is 7.11 Å². The van der Waals surface area contributed by atoms with Crippen molar-refractivity contribution in [3.8, 4) is 28.7 Å². The standard InChI is InChI=1S/C23H28O3.C23H20O2.C22H26O2.C21H24O2/c1-22(2,3)15-12-17-19(14-8-10-16(25-7)11-9-14)21(24)26-20(17)18(13-15)23(4,5)6;1-23(2,17-11-7-4-8-12-17)18-13-14-20-19(15-18)21(22(24)25-20)16-9-5-3-6-10-16;1-21(2,3)15-12-16-18(14-10-8-7-9-11-14)20(23)24-19(16)17(13-15)22(4,5)6;1-20(2,3)21(4,5)15-11-12-17-16(13-15)18(19(22)23-17)14-9-7-6-8-10-14/h8-13,19H,1-7H3;3-15,21H,1-2H3;7-13,18H,1-6H3;6-13,18H,1-5H3. The van der Waals surface area contributed by atoms with Crippen LogP contribution < -0.4 is 23.7 Å². The number of carbonyl (C=O) groups excluding carboxylic acids is 4. The molecule has 9 heteroatoms. The van der Waals surface area contributed by atoms with Crippen LogP contribution in [0.1, 0.15) is 239 Å². The smallest absolute Gasteiger partial charge is 0.323 e. The van der Waals surface area contributed by atoms with Crippen molar-refractivity contribution in [1.82, 2.24) is 0 Å². The number of benzene rings is 9. The average molecular weight is 1310 g/mol. The maximum atomic E-state index is 12.8. The molecule has 9 nitrogen and oxygen atoms in total. The molecule has 98 heavy (non-hydrogen) atoms. The van der Waals surface area contributed by atoms with Gasteiger partial charge in [0.1, 0.15) is 52.4 Å². The predicted molar refractivity (Wildman–Crippen MR) is 394 cm³/mol. The molecule has 0 aliphatic carbocycles. The first-order valence-electron chi connectivity index (χ1n) is 34.3. The number of methoxy groups -OCH3 is 1. The lowest BCUT2D eigenvalue weighted by Gasteiger charge is -2.39. The molecule has 0 amide bonds. The molecule has 0 spiro atoms. The summed E-state index contributed by atoms with van der Waals surface area (Å²) < 4.78 is 27.8. The van der Waals surface area contributed by atoms with Crippen LogP contribution in [0.4, 0.5) is 0 Å². The van der Waals surface area contributed by atoms with Crippen LogP contribution in [-0.4, -0.2) is 31.0 Å². The van der Waals surface area contributed by atoms with E-state index in [0.29, 0.717) is 11.5 Å². The number of carbonyl (C=O) groups is 4. The quantitative estimate of drug-likeness (QED) is 0.108. The number of ether oxygens (including phenoxy) is 5. The molecule has 0 fully saturated rings. The van der Waals surface area contributed by atoms with E-state index in [1.54, 1.807) is 7.11 Å². The van der Waals surface area contributed by atoms with Gasteiger partial charge in [0.15, 0.2) is 0 Å². The van der Waals surface area contributed by atoms with Crippen molar-refractivity contribution in [2.75, 3.05) is 7.11 Å². The van der Waals surface area contributed by atoms with Crippen LogP contribution in [0.3, 0.4) is 0 Å². The first kappa shape index (κ1) is 71.4. The molecule has 0 bridgehead atoms. The van der Waals surface area contributed by atoms with Gasteiger partial charge in [-0.1, -0.05) is 307 Å². The summed E-state index contributed by atoms with van der Waals surface area (Å²) in [5.41, 5.74) is 15.9. The highest BCUT2D eigenvalue weighted by Crippen LogP contribution is 2.51. The molecule has 0 aromatic heterocycles. The minimum absolute atomic E-state index is 0.00505. The van der Waals surface area contributed by atoms with Gasteiger partial charge in [0.25, 0.3) is 0 Å². The minimum Gasteiger partial charge on any atom is -0.497 e. The number of hydrogen-bond donors (Lipinski definition) is 0. The summed E-state index contributed by atoms with van der Waals surface area (Å²) in [7, 11) is 1.64. The summed E-state index contributed by atoms with van der Waals surface area (Å²) in [6, 6.07) is 68.7. The summed E-state index contributed by atoms with van der Waals surface area (Å²) in [6.07, 6.45) is 0. The van der Waals surface area contributed by atoms with Crippen LogP contribution in [-0.2, 0) is 51.7 Å². The van der Waals surface area contributed by atoms with Crippen LogP contribution >= 0.6 is 0 Å². The van der Waals surface area contributed by atoms with E-state index in [9.17, 15) is 19.2 Å². The molecule has 0 saturated heterocycles. The third kappa shape index (κ3) is 14.7. The summed E-state index contributed by atoms with van der Waals surface area (Å²) in [5.74, 6) is 1.49. The van der Waals surface area contributed by atoms with Crippen LogP contribution in [0.25, 0.3) is 0 Å². The second-order valence-electron chi connectivity index (χ2n) is 32.7. The lowest BCUT2D eigenvalue weighted by Crippen LogP contribution is -2.34. The van der Waals surface area contributed by atoms with Gasteiger partial charge in [-0.05, 0) is 113 Å².